The van der Waals surface area contributed by atoms with Gasteiger partial charge in [0, 0.05) is 12.8 Å². The Bertz CT molecular complexity index is 308. The number of rotatable bonds is 5. The van der Waals surface area contributed by atoms with Crippen molar-refractivity contribution in [3.05, 3.63) is 0 Å². The van der Waals surface area contributed by atoms with E-state index in [-0.39, 0.29) is 24.7 Å². The topological polar surface area (TPSA) is 63.7 Å². The average Bonchev–Trinajstić information content (AvgIpc) is 2.57. The van der Waals surface area contributed by atoms with Gasteiger partial charge in [-0.3, -0.25) is 14.5 Å². The number of imide groups is 1. The van der Waals surface area contributed by atoms with Gasteiger partial charge < -0.3 is 4.74 Å². The second-order valence-electron chi connectivity index (χ2n) is 4.68. The minimum atomic E-state index is -0.801. The second kappa shape index (κ2) is 5.80. The van der Waals surface area contributed by atoms with Crippen LogP contribution in [0.25, 0.3) is 0 Å². The Morgan fingerprint density at radius 1 is 1.24 bits per heavy atom. The largest absolute Gasteiger partial charge is 0.464 e. The molecular weight excluding hydrogens is 222 g/mol. The van der Waals surface area contributed by atoms with Crippen LogP contribution in [0.3, 0.4) is 0 Å². The Labute approximate surface area is 101 Å². The molecule has 0 aromatic carbocycles. The third kappa shape index (κ3) is 3.54. The van der Waals surface area contributed by atoms with Gasteiger partial charge in [0.15, 0.2) is 0 Å². The molecule has 96 valence electrons. The summed E-state index contributed by atoms with van der Waals surface area (Å²) >= 11 is 0. The third-order valence-corrected chi connectivity index (χ3v) is 2.76. The van der Waals surface area contributed by atoms with E-state index in [1.54, 1.807) is 0 Å². The Hall–Kier alpha value is -1.39. The van der Waals surface area contributed by atoms with E-state index in [0.717, 1.165) is 11.3 Å². The minimum absolute atomic E-state index is 0.197. The zero-order valence-corrected chi connectivity index (χ0v) is 10.6. The first-order chi connectivity index (χ1) is 7.93. The number of carbonyl (C=O) groups excluding carboxylic acids is 3. The molecule has 5 heteroatoms. The molecule has 1 rings (SSSR count). The number of nitrogens with zero attached hydrogens (tertiary/aromatic N) is 1. The summed E-state index contributed by atoms with van der Waals surface area (Å²) in [6, 6.07) is -0.801. The molecule has 0 radical (unpaired) electrons. The van der Waals surface area contributed by atoms with Crippen LogP contribution in [0.5, 0.6) is 0 Å². The molecule has 17 heavy (non-hydrogen) atoms. The minimum Gasteiger partial charge on any atom is -0.464 e. The van der Waals surface area contributed by atoms with E-state index < -0.39 is 12.0 Å². The molecule has 0 unspecified atom stereocenters. The highest BCUT2D eigenvalue weighted by atomic mass is 16.5. The van der Waals surface area contributed by atoms with Crippen LogP contribution >= 0.6 is 0 Å². The van der Waals surface area contributed by atoms with E-state index in [9.17, 15) is 14.4 Å². The van der Waals surface area contributed by atoms with Gasteiger partial charge in [0.2, 0.25) is 11.8 Å². The van der Waals surface area contributed by atoms with Crippen LogP contribution in [-0.2, 0) is 19.1 Å². The van der Waals surface area contributed by atoms with E-state index in [1.165, 1.54) is 6.92 Å². The van der Waals surface area contributed by atoms with Crippen LogP contribution in [0.2, 0.25) is 0 Å². The van der Waals surface area contributed by atoms with Crippen molar-refractivity contribution in [2.45, 2.75) is 46.1 Å². The Morgan fingerprint density at radius 2 is 1.76 bits per heavy atom. The summed E-state index contributed by atoms with van der Waals surface area (Å²) in [5.74, 6) is -0.631. The molecule has 0 aliphatic carbocycles. The summed E-state index contributed by atoms with van der Waals surface area (Å²) in [4.78, 5) is 35.5. The van der Waals surface area contributed by atoms with Gasteiger partial charge in [-0.15, -0.1) is 0 Å². The SMILES string of the molecule is CC(C)CCOC(=O)[C@H](C)N1C(=O)CCC1=O. The van der Waals surface area contributed by atoms with E-state index >= 15 is 0 Å². The van der Waals surface area contributed by atoms with Gasteiger partial charge in [0.05, 0.1) is 6.61 Å². The van der Waals surface area contributed by atoms with E-state index in [2.05, 4.69) is 0 Å². The smallest absolute Gasteiger partial charge is 0.329 e. The molecule has 0 aromatic heterocycles. The highest BCUT2D eigenvalue weighted by molar-refractivity contribution is 6.04. The van der Waals surface area contributed by atoms with E-state index in [1.807, 2.05) is 13.8 Å². The van der Waals surface area contributed by atoms with Crippen molar-refractivity contribution in [1.82, 2.24) is 4.90 Å². The highest BCUT2D eigenvalue weighted by Gasteiger charge is 2.36. The van der Waals surface area contributed by atoms with Crippen LogP contribution in [0, 0.1) is 5.92 Å². The van der Waals surface area contributed by atoms with Gasteiger partial charge >= 0.3 is 5.97 Å². The van der Waals surface area contributed by atoms with Gasteiger partial charge in [-0.05, 0) is 19.3 Å². The van der Waals surface area contributed by atoms with Crippen LogP contribution in [-0.4, -0.2) is 35.3 Å². The summed E-state index contributed by atoms with van der Waals surface area (Å²) in [6.45, 7) is 5.92. The van der Waals surface area contributed by atoms with Gasteiger partial charge in [-0.25, -0.2) is 4.79 Å². The number of ether oxygens (including phenoxy) is 1. The van der Waals surface area contributed by atoms with Crippen molar-refractivity contribution in [2.75, 3.05) is 6.61 Å². The summed E-state index contributed by atoms with van der Waals surface area (Å²) in [5.41, 5.74) is 0. The molecule has 0 bridgehead atoms. The number of hydrogen-bond donors (Lipinski definition) is 0. The predicted molar refractivity (Wildman–Crippen MR) is 61.0 cm³/mol. The summed E-state index contributed by atoms with van der Waals surface area (Å²) in [5, 5.41) is 0. The molecule has 1 heterocycles. The van der Waals surface area contributed by atoms with Crippen molar-refractivity contribution < 1.29 is 19.1 Å². The first-order valence-corrected chi connectivity index (χ1v) is 5.95. The van der Waals surface area contributed by atoms with Crippen molar-refractivity contribution in [3.8, 4) is 0 Å². The monoisotopic (exact) mass is 241 g/mol. The molecule has 0 saturated carbocycles. The number of esters is 1. The normalized spacial score (nSPS) is 17.8. The fourth-order valence-electron chi connectivity index (χ4n) is 1.65. The molecule has 1 aliphatic rings. The summed E-state index contributed by atoms with van der Waals surface area (Å²) < 4.78 is 5.04. The van der Waals surface area contributed by atoms with Crippen LogP contribution in [0.1, 0.15) is 40.0 Å². The predicted octanol–water partition coefficient (Wildman–Crippen LogP) is 1.11. The maximum absolute atomic E-state index is 11.6. The van der Waals surface area contributed by atoms with Crippen LogP contribution in [0.15, 0.2) is 0 Å². The molecule has 5 nitrogen and oxygen atoms in total. The first kappa shape index (κ1) is 13.7. The number of amides is 2. The zero-order valence-electron chi connectivity index (χ0n) is 10.6. The van der Waals surface area contributed by atoms with Gasteiger partial charge in [-0.1, -0.05) is 13.8 Å². The summed E-state index contributed by atoms with van der Waals surface area (Å²) in [7, 11) is 0. The Kier molecular flexibility index (Phi) is 4.66. The molecular formula is C12H19NO4. The van der Waals surface area contributed by atoms with Crippen LogP contribution < -0.4 is 0 Å². The maximum atomic E-state index is 11.6. The lowest BCUT2D eigenvalue weighted by molar-refractivity contribution is -0.157. The number of hydrogen-bond acceptors (Lipinski definition) is 4. The maximum Gasteiger partial charge on any atom is 0.329 e. The molecule has 1 fully saturated rings. The lowest BCUT2D eigenvalue weighted by Gasteiger charge is -2.20. The fourth-order valence-corrected chi connectivity index (χ4v) is 1.65. The lowest BCUT2D eigenvalue weighted by Crippen LogP contribution is -2.43. The summed E-state index contributed by atoms with van der Waals surface area (Å²) in [6.07, 6.45) is 1.17. The molecule has 0 spiro atoms. The van der Waals surface area contributed by atoms with Gasteiger partial charge in [-0.2, -0.15) is 0 Å². The van der Waals surface area contributed by atoms with E-state index in [0.29, 0.717) is 12.5 Å². The first-order valence-electron chi connectivity index (χ1n) is 5.95. The average molecular weight is 241 g/mol. The van der Waals surface area contributed by atoms with Crippen LogP contribution in [0.4, 0.5) is 0 Å². The van der Waals surface area contributed by atoms with Crippen molar-refractivity contribution in [2.24, 2.45) is 5.92 Å². The lowest BCUT2D eigenvalue weighted by atomic mass is 10.1. The molecule has 1 aliphatic heterocycles. The molecule has 2 amide bonds. The van der Waals surface area contributed by atoms with Crippen molar-refractivity contribution in [3.63, 3.8) is 0 Å². The molecule has 0 aromatic rings. The number of carbonyl (C=O) groups is 3. The third-order valence-electron chi connectivity index (χ3n) is 2.76. The highest BCUT2D eigenvalue weighted by Crippen LogP contribution is 2.16. The quantitative estimate of drug-likeness (QED) is 0.534. The number of likely N-dealkylation sites (tertiary alicyclic amines) is 1. The van der Waals surface area contributed by atoms with Crippen molar-refractivity contribution in [1.29, 1.82) is 0 Å². The second-order valence-corrected chi connectivity index (χ2v) is 4.68. The zero-order chi connectivity index (χ0) is 13.0. The molecule has 0 N–H and O–H groups in total. The standard InChI is InChI=1S/C12H19NO4/c1-8(2)6-7-17-12(16)9(3)13-10(14)4-5-11(13)15/h8-9H,4-7H2,1-3H3/t9-/m0/s1. The van der Waals surface area contributed by atoms with E-state index in [4.69, 9.17) is 4.74 Å². The van der Waals surface area contributed by atoms with Gasteiger partial charge in [0.25, 0.3) is 0 Å². The van der Waals surface area contributed by atoms with Crippen molar-refractivity contribution >= 4 is 17.8 Å². The Morgan fingerprint density at radius 3 is 2.24 bits per heavy atom. The molecule has 1 saturated heterocycles. The molecule has 1 atom stereocenters. The van der Waals surface area contributed by atoms with Gasteiger partial charge in [0.1, 0.15) is 6.04 Å². The Balaban J connectivity index is 2.46. The fraction of sp³-hybridized carbons (Fsp3) is 0.750.